The Morgan fingerprint density at radius 1 is 0.810 bits per heavy atom. The lowest BCUT2D eigenvalue weighted by molar-refractivity contribution is 1.02. The zero-order valence-corrected chi connectivity index (χ0v) is 12.1. The molecule has 0 unspecified atom stereocenters. The highest BCUT2D eigenvalue weighted by Gasteiger charge is 2.00. The minimum atomic E-state index is 0.747. The summed E-state index contributed by atoms with van der Waals surface area (Å²) in [4.78, 5) is 4.40. The number of aryl methyl sites for hydroxylation is 1. The van der Waals surface area contributed by atoms with Gasteiger partial charge in [0.2, 0.25) is 0 Å². The van der Waals surface area contributed by atoms with Gasteiger partial charge in [-0.15, -0.1) is 0 Å². The molecule has 0 atom stereocenters. The lowest BCUT2D eigenvalue weighted by Crippen LogP contribution is -2.03. The maximum absolute atomic E-state index is 4.40. The predicted molar refractivity (Wildman–Crippen MR) is 88.2 cm³/mol. The molecule has 0 spiro atoms. The highest BCUT2D eigenvalue weighted by Crippen LogP contribution is 2.21. The Labute approximate surface area is 125 Å². The number of hydrogen-bond donors (Lipinski definition) is 1. The third-order valence-corrected chi connectivity index (χ3v) is 3.57. The van der Waals surface area contributed by atoms with Gasteiger partial charge < -0.3 is 5.32 Å². The van der Waals surface area contributed by atoms with Gasteiger partial charge in [0.15, 0.2) is 0 Å². The standard InChI is InChI=1S/C19H18N2/c1-15-6-5-13-20-19(15)14-21-18-11-9-17(10-12-18)16-7-3-2-4-8-16/h2-13,21H,14H2,1H3. The molecule has 0 radical (unpaired) electrons. The average molecular weight is 274 g/mol. The van der Waals surface area contributed by atoms with E-state index in [0.717, 1.165) is 17.9 Å². The second-order valence-corrected chi connectivity index (χ2v) is 5.06. The fourth-order valence-corrected chi connectivity index (χ4v) is 2.30. The fraction of sp³-hybridized carbons (Fsp3) is 0.105. The molecule has 2 nitrogen and oxygen atoms in total. The van der Waals surface area contributed by atoms with Crippen molar-refractivity contribution >= 4 is 5.69 Å². The van der Waals surface area contributed by atoms with Crippen molar-refractivity contribution in [1.29, 1.82) is 0 Å². The molecule has 2 aromatic carbocycles. The monoisotopic (exact) mass is 274 g/mol. The third kappa shape index (κ3) is 3.29. The van der Waals surface area contributed by atoms with E-state index in [1.807, 2.05) is 18.3 Å². The number of rotatable bonds is 4. The van der Waals surface area contributed by atoms with Crippen LogP contribution in [0.15, 0.2) is 72.9 Å². The van der Waals surface area contributed by atoms with Crippen molar-refractivity contribution in [3.05, 3.63) is 84.2 Å². The van der Waals surface area contributed by atoms with E-state index in [0.29, 0.717) is 0 Å². The van der Waals surface area contributed by atoms with Crippen LogP contribution in [0.3, 0.4) is 0 Å². The van der Waals surface area contributed by atoms with Crippen LogP contribution in [0.4, 0.5) is 5.69 Å². The first kappa shape index (κ1) is 13.4. The highest BCUT2D eigenvalue weighted by molar-refractivity contribution is 5.65. The van der Waals surface area contributed by atoms with E-state index < -0.39 is 0 Å². The van der Waals surface area contributed by atoms with Crippen molar-refractivity contribution in [2.45, 2.75) is 13.5 Å². The summed E-state index contributed by atoms with van der Waals surface area (Å²) in [6.07, 6.45) is 1.84. The van der Waals surface area contributed by atoms with Gasteiger partial charge in [0, 0.05) is 11.9 Å². The van der Waals surface area contributed by atoms with E-state index in [2.05, 4.69) is 71.8 Å². The quantitative estimate of drug-likeness (QED) is 0.748. The van der Waals surface area contributed by atoms with Gasteiger partial charge in [-0.25, -0.2) is 0 Å². The zero-order valence-electron chi connectivity index (χ0n) is 12.1. The van der Waals surface area contributed by atoms with Gasteiger partial charge in [0.05, 0.1) is 12.2 Å². The summed E-state index contributed by atoms with van der Waals surface area (Å²) in [7, 11) is 0. The number of hydrogen-bond acceptors (Lipinski definition) is 2. The zero-order chi connectivity index (χ0) is 14.5. The molecule has 104 valence electrons. The molecule has 3 aromatic rings. The molecule has 0 amide bonds. The van der Waals surface area contributed by atoms with Crippen LogP contribution >= 0.6 is 0 Å². The van der Waals surface area contributed by atoms with Gasteiger partial charge in [-0.1, -0.05) is 48.5 Å². The Kier molecular flexibility index (Phi) is 3.97. The first-order valence-electron chi connectivity index (χ1n) is 7.13. The van der Waals surface area contributed by atoms with Gasteiger partial charge in [-0.3, -0.25) is 4.98 Å². The van der Waals surface area contributed by atoms with E-state index in [1.165, 1.54) is 16.7 Å². The first-order chi connectivity index (χ1) is 10.3. The van der Waals surface area contributed by atoms with Crippen molar-refractivity contribution in [2.75, 3.05) is 5.32 Å². The number of nitrogens with zero attached hydrogens (tertiary/aromatic N) is 1. The van der Waals surface area contributed by atoms with Crippen LogP contribution in [0.1, 0.15) is 11.3 Å². The summed E-state index contributed by atoms with van der Waals surface area (Å²) in [6, 6.07) is 23.0. The van der Waals surface area contributed by atoms with Crippen LogP contribution in [0, 0.1) is 6.92 Å². The van der Waals surface area contributed by atoms with Gasteiger partial charge >= 0.3 is 0 Å². The maximum atomic E-state index is 4.40. The maximum Gasteiger partial charge on any atom is 0.0623 e. The molecule has 0 bridgehead atoms. The summed E-state index contributed by atoms with van der Waals surface area (Å²) in [5, 5.41) is 3.42. The molecule has 2 heteroatoms. The molecule has 3 rings (SSSR count). The molecular weight excluding hydrogens is 256 g/mol. The summed E-state index contributed by atoms with van der Waals surface area (Å²) in [6.45, 7) is 2.83. The minimum Gasteiger partial charge on any atom is -0.379 e. The van der Waals surface area contributed by atoms with Crippen LogP contribution in [0.5, 0.6) is 0 Å². The summed E-state index contributed by atoms with van der Waals surface area (Å²) < 4.78 is 0. The molecule has 1 heterocycles. The Bertz CT molecular complexity index is 703. The van der Waals surface area contributed by atoms with Crippen LogP contribution in [0.25, 0.3) is 11.1 Å². The topological polar surface area (TPSA) is 24.9 Å². The smallest absolute Gasteiger partial charge is 0.0623 e. The van der Waals surface area contributed by atoms with Crippen molar-refractivity contribution in [3.8, 4) is 11.1 Å². The van der Waals surface area contributed by atoms with Crippen LogP contribution in [-0.4, -0.2) is 4.98 Å². The Morgan fingerprint density at radius 3 is 2.24 bits per heavy atom. The first-order valence-corrected chi connectivity index (χ1v) is 7.13. The molecule has 0 aliphatic rings. The van der Waals surface area contributed by atoms with Crippen molar-refractivity contribution in [2.24, 2.45) is 0 Å². The summed E-state index contributed by atoms with van der Waals surface area (Å²) in [5.41, 5.74) is 5.88. The van der Waals surface area contributed by atoms with E-state index in [4.69, 9.17) is 0 Å². The minimum absolute atomic E-state index is 0.747. The molecule has 21 heavy (non-hydrogen) atoms. The predicted octanol–water partition coefficient (Wildman–Crippen LogP) is 4.67. The molecule has 0 fully saturated rings. The van der Waals surface area contributed by atoms with Crippen LogP contribution < -0.4 is 5.32 Å². The van der Waals surface area contributed by atoms with Gasteiger partial charge in [0.25, 0.3) is 0 Å². The van der Waals surface area contributed by atoms with Crippen molar-refractivity contribution in [1.82, 2.24) is 4.98 Å². The molecule has 1 aromatic heterocycles. The Hall–Kier alpha value is -2.61. The van der Waals surface area contributed by atoms with Gasteiger partial charge in [-0.2, -0.15) is 0 Å². The molecular formula is C19H18N2. The van der Waals surface area contributed by atoms with Gasteiger partial charge in [-0.05, 0) is 41.8 Å². The second kappa shape index (κ2) is 6.23. The number of benzene rings is 2. The molecule has 0 aliphatic carbocycles. The van der Waals surface area contributed by atoms with E-state index in [9.17, 15) is 0 Å². The largest absolute Gasteiger partial charge is 0.379 e. The highest BCUT2D eigenvalue weighted by atomic mass is 14.9. The molecule has 1 N–H and O–H groups in total. The van der Waals surface area contributed by atoms with E-state index >= 15 is 0 Å². The molecule has 0 saturated carbocycles. The normalized spacial score (nSPS) is 10.3. The number of nitrogens with one attached hydrogen (secondary N) is 1. The van der Waals surface area contributed by atoms with Crippen molar-refractivity contribution in [3.63, 3.8) is 0 Å². The lowest BCUT2D eigenvalue weighted by atomic mass is 10.1. The summed E-state index contributed by atoms with van der Waals surface area (Å²) >= 11 is 0. The lowest BCUT2D eigenvalue weighted by Gasteiger charge is -2.09. The van der Waals surface area contributed by atoms with Gasteiger partial charge in [0.1, 0.15) is 0 Å². The number of aromatic nitrogens is 1. The average Bonchev–Trinajstić information content (AvgIpc) is 2.55. The Balaban J connectivity index is 1.69. The third-order valence-electron chi connectivity index (χ3n) is 3.57. The SMILES string of the molecule is Cc1cccnc1CNc1ccc(-c2ccccc2)cc1. The number of anilines is 1. The Morgan fingerprint density at radius 2 is 1.52 bits per heavy atom. The van der Waals surface area contributed by atoms with E-state index in [1.54, 1.807) is 0 Å². The van der Waals surface area contributed by atoms with E-state index in [-0.39, 0.29) is 0 Å². The van der Waals surface area contributed by atoms with Crippen LogP contribution in [0.2, 0.25) is 0 Å². The summed E-state index contributed by atoms with van der Waals surface area (Å²) in [5.74, 6) is 0. The molecule has 0 saturated heterocycles. The van der Waals surface area contributed by atoms with Crippen molar-refractivity contribution < 1.29 is 0 Å². The molecule has 0 aliphatic heterocycles. The fourth-order valence-electron chi connectivity index (χ4n) is 2.30. The second-order valence-electron chi connectivity index (χ2n) is 5.06. The van der Waals surface area contributed by atoms with Crippen LogP contribution in [-0.2, 0) is 6.54 Å². The number of pyridine rings is 1.